The van der Waals surface area contributed by atoms with E-state index in [1.165, 1.54) is 0 Å². The van der Waals surface area contributed by atoms with Gasteiger partial charge in [0.05, 0.1) is 5.39 Å². The number of fused-ring (bicyclic) bond motifs is 1. The first-order valence-corrected chi connectivity index (χ1v) is 4.52. The van der Waals surface area contributed by atoms with Crippen LogP contribution in [0.1, 0.15) is 16.1 Å². The topological polar surface area (TPSA) is 89.4 Å². The van der Waals surface area contributed by atoms with Gasteiger partial charge in [-0.3, -0.25) is 4.79 Å². The molecule has 5 nitrogen and oxygen atoms in total. The number of aliphatic hydroxyl groups excluding tert-OH is 1. The zero-order valence-electron chi connectivity index (χ0n) is 7.93. The van der Waals surface area contributed by atoms with Crippen molar-refractivity contribution in [1.82, 2.24) is 5.16 Å². The monoisotopic (exact) mass is 206 g/mol. The van der Waals surface area contributed by atoms with E-state index in [1.54, 1.807) is 12.1 Å². The molecule has 0 atom stereocenters. The number of aliphatic hydroxyl groups is 1. The Morgan fingerprint density at radius 1 is 1.53 bits per heavy atom. The lowest BCUT2D eigenvalue weighted by Gasteiger charge is -1.99. The van der Waals surface area contributed by atoms with Crippen molar-refractivity contribution < 1.29 is 14.4 Å². The molecule has 15 heavy (non-hydrogen) atoms. The van der Waals surface area contributed by atoms with Crippen LogP contribution < -0.4 is 5.73 Å². The Labute approximate surface area is 85.5 Å². The highest BCUT2D eigenvalue weighted by Gasteiger charge is 2.15. The summed E-state index contributed by atoms with van der Waals surface area (Å²) < 4.78 is 4.96. The van der Waals surface area contributed by atoms with Gasteiger partial charge in [-0.25, -0.2) is 0 Å². The van der Waals surface area contributed by atoms with Crippen LogP contribution in [0.5, 0.6) is 0 Å². The summed E-state index contributed by atoms with van der Waals surface area (Å²) in [5.41, 5.74) is 6.60. The summed E-state index contributed by atoms with van der Waals surface area (Å²) in [5, 5.41) is 13.1. The second-order valence-electron chi connectivity index (χ2n) is 3.16. The van der Waals surface area contributed by atoms with Gasteiger partial charge < -0.3 is 15.4 Å². The first-order valence-electron chi connectivity index (χ1n) is 4.52. The third-order valence-electron chi connectivity index (χ3n) is 2.20. The molecule has 1 aromatic heterocycles. The predicted molar refractivity (Wildman–Crippen MR) is 53.3 cm³/mol. The number of amides is 1. The van der Waals surface area contributed by atoms with Crippen LogP contribution in [0.15, 0.2) is 22.7 Å². The maximum Gasteiger partial charge on any atom is 0.271 e. The summed E-state index contributed by atoms with van der Waals surface area (Å²) in [4.78, 5) is 11.1. The Hall–Kier alpha value is -1.88. The van der Waals surface area contributed by atoms with Crippen LogP contribution in [0.4, 0.5) is 0 Å². The average molecular weight is 206 g/mol. The Balaban J connectivity index is 2.69. The van der Waals surface area contributed by atoms with E-state index in [4.69, 9.17) is 15.4 Å². The predicted octanol–water partition coefficient (Wildman–Crippen LogP) is 0.461. The van der Waals surface area contributed by atoms with Gasteiger partial charge in [0.25, 0.3) is 5.91 Å². The van der Waals surface area contributed by atoms with E-state index in [9.17, 15) is 4.79 Å². The molecule has 2 rings (SSSR count). The number of carbonyl (C=O) groups excluding carboxylic acids is 1. The highest BCUT2D eigenvalue weighted by molar-refractivity contribution is 6.04. The Kier molecular flexibility index (Phi) is 2.39. The molecule has 0 spiro atoms. The van der Waals surface area contributed by atoms with Crippen LogP contribution in [0.25, 0.3) is 11.0 Å². The molecular weight excluding hydrogens is 196 g/mol. The maximum atomic E-state index is 11.1. The molecule has 0 aliphatic heterocycles. The van der Waals surface area contributed by atoms with Crippen molar-refractivity contribution in [3.05, 3.63) is 29.5 Å². The number of rotatable bonds is 3. The normalized spacial score (nSPS) is 10.7. The molecule has 78 valence electrons. The third kappa shape index (κ3) is 1.57. The fourth-order valence-electron chi connectivity index (χ4n) is 1.56. The van der Waals surface area contributed by atoms with Crippen LogP contribution in [0.3, 0.4) is 0 Å². The Morgan fingerprint density at radius 2 is 2.33 bits per heavy atom. The van der Waals surface area contributed by atoms with Crippen LogP contribution in [0.2, 0.25) is 0 Å². The zero-order chi connectivity index (χ0) is 10.8. The molecule has 0 aliphatic rings. The van der Waals surface area contributed by atoms with Crippen molar-refractivity contribution in [2.45, 2.75) is 6.42 Å². The van der Waals surface area contributed by atoms with Crippen molar-refractivity contribution in [1.29, 1.82) is 0 Å². The largest absolute Gasteiger partial charge is 0.396 e. The van der Waals surface area contributed by atoms with Crippen LogP contribution in [-0.4, -0.2) is 22.8 Å². The van der Waals surface area contributed by atoms with Gasteiger partial charge >= 0.3 is 0 Å². The number of aromatic nitrogens is 1. The highest BCUT2D eigenvalue weighted by atomic mass is 16.5. The average Bonchev–Trinajstić information content (AvgIpc) is 2.62. The van der Waals surface area contributed by atoms with Crippen LogP contribution >= 0.6 is 0 Å². The SMILES string of the molecule is NC(=O)c1noc2cccc(CCO)c12. The highest BCUT2D eigenvalue weighted by Crippen LogP contribution is 2.22. The molecule has 0 bridgehead atoms. The lowest BCUT2D eigenvalue weighted by atomic mass is 10.1. The van der Waals surface area contributed by atoms with Crippen LogP contribution in [-0.2, 0) is 6.42 Å². The smallest absolute Gasteiger partial charge is 0.271 e. The zero-order valence-corrected chi connectivity index (χ0v) is 7.93. The quantitative estimate of drug-likeness (QED) is 0.763. The van der Waals surface area contributed by atoms with Crippen molar-refractivity contribution in [2.24, 2.45) is 5.73 Å². The van der Waals surface area contributed by atoms with E-state index >= 15 is 0 Å². The molecule has 5 heteroatoms. The van der Waals surface area contributed by atoms with Crippen molar-refractivity contribution >= 4 is 16.9 Å². The van der Waals surface area contributed by atoms with E-state index in [-0.39, 0.29) is 12.3 Å². The van der Waals surface area contributed by atoms with Gasteiger partial charge in [0, 0.05) is 6.61 Å². The number of benzene rings is 1. The molecule has 0 saturated heterocycles. The molecule has 0 unspecified atom stereocenters. The lowest BCUT2D eigenvalue weighted by Crippen LogP contribution is -2.12. The van der Waals surface area contributed by atoms with Gasteiger partial charge in [-0.1, -0.05) is 17.3 Å². The fraction of sp³-hybridized carbons (Fsp3) is 0.200. The van der Waals surface area contributed by atoms with Crippen molar-refractivity contribution in [3.63, 3.8) is 0 Å². The van der Waals surface area contributed by atoms with E-state index in [0.29, 0.717) is 17.4 Å². The maximum absolute atomic E-state index is 11.1. The van der Waals surface area contributed by atoms with Gasteiger partial charge in [-0.05, 0) is 18.1 Å². The molecule has 1 aromatic carbocycles. The second kappa shape index (κ2) is 3.70. The fourth-order valence-corrected chi connectivity index (χ4v) is 1.56. The van der Waals surface area contributed by atoms with Crippen LogP contribution in [0, 0.1) is 0 Å². The van der Waals surface area contributed by atoms with Gasteiger partial charge in [0.2, 0.25) is 0 Å². The summed E-state index contributed by atoms with van der Waals surface area (Å²) in [6.07, 6.45) is 0.443. The number of nitrogens with zero attached hydrogens (tertiary/aromatic N) is 1. The lowest BCUT2D eigenvalue weighted by molar-refractivity contribution is 0.0993. The molecule has 0 saturated carbocycles. The molecule has 2 aromatic rings. The first kappa shape index (κ1) is 9.67. The van der Waals surface area contributed by atoms with E-state index in [0.717, 1.165) is 5.56 Å². The minimum Gasteiger partial charge on any atom is -0.396 e. The van der Waals surface area contributed by atoms with Gasteiger partial charge in [0.15, 0.2) is 11.3 Å². The molecule has 1 amide bonds. The van der Waals surface area contributed by atoms with E-state index < -0.39 is 5.91 Å². The van der Waals surface area contributed by atoms with Gasteiger partial charge in [-0.15, -0.1) is 0 Å². The van der Waals surface area contributed by atoms with Gasteiger partial charge in [0.1, 0.15) is 0 Å². The van der Waals surface area contributed by atoms with E-state index in [2.05, 4.69) is 5.16 Å². The number of hydrogen-bond donors (Lipinski definition) is 2. The number of carbonyl (C=O) groups is 1. The third-order valence-corrected chi connectivity index (χ3v) is 2.20. The Morgan fingerprint density at radius 3 is 3.00 bits per heavy atom. The van der Waals surface area contributed by atoms with Crippen molar-refractivity contribution in [2.75, 3.05) is 6.61 Å². The Bertz CT molecular complexity index is 504. The minimum absolute atomic E-state index is 0.00248. The summed E-state index contributed by atoms with van der Waals surface area (Å²) in [6.45, 7) is 0.00248. The summed E-state index contributed by atoms with van der Waals surface area (Å²) in [7, 11) is 0. The van der Waals surface area contributed by atoms with Crippen molar-refractivity contribution in [3.8, 4) is 0 Å². The molecular formula is C10H10N2O3. The molecule has 0 radical (unpaired) electrons. The van der Waals surface area contributed by atoms with Gasteiger partial charge in [-0.2, -0.15) is 0 Å². The number of primary amides is 1. The summed E-state index contributed by atoms with van der Waals surface area (Å²) in [5.74, 6) is -0.626. The molecule has 3 N–H and O–H groups in total. The van der Waals surface area contributed by atoms with E-state index in [1.807, 2.05) is 6.07 Å². The molecule has 0 aliphatic carbocycles. The molecule has 0 fully saturated rings. The summed E-state index contributed by atoms with van der Waals surface area (Å²) >= 11 is 0. The second-order valence-corrected chi connectivity index (χ2v) is 3.16. The number of nitrogens with two attached hydrogens (primary N) is 1. The minimum atomic E-state index is -0.626. The molecule has 1 heterocycles. The number of hydrogen-bond acceptors (Lipinski definition) is 4. The summed E-state index contributed by atoms with van der Waals surface area (Å²) in [6, 6.07) is 5.29. The standard InChI is InChI=1S/C10H10N2O3/c11-10(14)9-8-6(4-5-13)2-1-3-7(8)15-12-9/h1-3,13H,4-5H2,(H2,11,14). The first-order chi connectivity index (χ1) is 7.24.